The van der Waals surface area contributed by atoms with E-state index in [0.717, 1.165) is 10.9 Å². The molecule has 0 aromatic heterocycles. The molecule has 5 heteroatoms. The first kappa shape index (κ1) is 15.6. The second kappa shape index (κ2) is 6.83. The average molecular weight is 320 g/mol. The summed E-state index contributed by atoms with van der Waals surface area (Å²) in [5, 5.41) is 15.7. The Balaban J connectivity index is 1.80. The summed E-state index contributed by atoms with van der Waals surface area (Å²) in [5.41, 5.74) is 3.33. The zero-order chi connectivity index (χ0) is 16.9. The number of hydrogen-bond donors (Lipinski definition) is 2. The summed E-state index contributed by atoms with van der Waals surface area (Å²) in [6, 6.07) is 18.0. The number of carbonyl (C=O) groups is 1. The number of methoxy groups -OCH3 is 1. The van der Waals surface area contributed by atoms with E-state index in [1.807, 2.05) is 36.4 Å². The van der Waals surface area contributed by atoms with Crippen LogP contribution in [0.3, 0.4) is 0 Å². The second-order valence-corrected chi connectivity index (χ2v) is 5.12. The van der Waals surface area contributed by atoms with Gasteiger partial charge in [-0.15, -0.1) is 0 Å². The Morgan fingerprint density at radius 2 is 1.83 bits per heavy atom. The smallest absolute Gasteiger partial charge is 0.275 e. The summed E-state index contributed by atoms with van der Waals surface area (Å²) in [4.78, 5) is 12.2. The van der Waals surface area contributed by atoms with Crippen molar-refractivity contribution in [1.82, 2.24) is 5.43 Å². The molecule has 0 aliphatic carbocycles. The van der Waals surface area contributed by atoms with Crippen molar-refractivity contribution in [2.24, 2.45) is 5.10 Å². The summed E-state index contributed by atoms with van der Waals surface area (Å²) in [5.74, 6) is 0.117. The molecule has 3 aromatic carbocycles. The molecule has 3 aromatic rings. The van der Waals surface area contributed by atoms with E-state index in [1.54, 1.807) is 31.4 Å². The molecule has 0 atom stereocenters. The molecule has 24 heavy (non-hydrogen) atoms. The maximum absolute atomic E-state index is 12.2. The largest absolute Gasteiger partial charge is 0.506 e. The van der Waals surface area contributed by atoms with Crippen LogP contribution in [0.25, 0.3) is 10.8 Å². The van der Waals surface area contributed by atoms with E-state index in [-0.39, 0.29) is 11.3 Å². The third-order valence-corrected chi connectivity index (χ3v) is 3.65. The van der Waals surface area contributed by atoms with Gasteiger partial charge in [0, 0.05) is 10.9 Å². The number of ether oxygens (including phenoxy) is 1. The van der Waals surface area contributed by atoms with Crippen LogP contribution in [-0.2, 0) is 0 Å². The Hall–Kier alpha value is -3.34. The summed E-state index contributed by atoms with van der Waals surface area (Å²) < 4.78 is 5.21. The number of benzene rings is 3. The van der Waals surface area contributed by atoms with Crippen molar-refractivity contribution in [3.05, 3.63) is 71.8 Å². The van der Waals surface area contributed by atoms with Gasteiger partial charge < -0.3 is 9.84 Å². The molecule has 0 bridgehead atoms. The van der Waals surface area contributed by atoms with Crippen LogP contribution in [0.1, 0.15) is 15.9 Å². The molecule has 0 saturated carbocycles. The molecule has 0 heterocycles. The fourth-order valence-corrected chi connectivity index (χ4v) is 2.43. The van der Waals surface area contributed by atoms with Crippen LogP contribution in [0.2, 0.25) is 0 Å². The van der Waals surface area contributed by atoms with E-state index in [4.69, 9.17) is 4.74 Å². The quantitative estimate of drug-likeness (QED) is 0.572. The number of carbonyl (C=O) groups excluding carboxylic acids is 1. The minimum Gasteiger partial charge on any atom is -0.506 e. The predicted molar refractivity (Wildman–Crippen MR) is 93.7 cm³/mol. The minimum atomic E-state index is -0.482. The van der Waals surface area contributed by atoms with Gasteiger partial charge in [-0.05, 0) is 23.6 Å². The predicted octanol–water partition coefficient (Wildman–Crippen LogP) is 3.32. The van der Waals surface area contributed by atoms with Gasteiger partial charge in [0.05, 0.1) is 18.9 Å². The first-order chi connectivity index (χ1) is 11.7. The van der Waals surface area contributed by atoms with Crippen LogP contribution in [0.4, 0.5) is 0 Å². The van der Waals surface area contributed by atoms with E-state index < -0.39 is 5.91 Å². The Bertz CT molecular complexity index is 919. The van der Waals surface area contributed by atoms with Crippen molar-refractivity contribution in [3.63, 3.8) is 0 Å². The first-order valence-corrected chi connectivity index (χ1v) is 7.38. The van der Waals surface area contributed by atoms with Crippen molar-refractivity contribution in [1.29, 1.82) is 0 Å². The number of aromatic hydroxyl groups is 1. The fraction of sp³-hybridized carbons (Fsp3) is 0.0526. The van der Waals surface area contributed by atoms with Gasteiger partial charge >= 0.3 is 0 Å². The third kappa shape index (κ3) is 3.05. The average Bonchev–Trinajstić information content (AvgIpc) is 2.62. The number of hydrazone groups is 1. The number of fused-ring (bicyclic) bond motifs is 1. The van der Waals surface area contributed by atoms with Crippen molar-refractivity contribution < 1.29 is 14.6 Å². The number of phenols is 1. The zero-order valence-electron chi connectivity index (χ0n) is 13.1. The van der Waals surface area contributed by atoms with Crippen molar-refractivity contribution >= 4 is 22.9 Å². The molecule has 0 aliphatic rings. The molecule has 1 amide bonds. The van der Waals surface area contributed by atoms with Gasteiger partial charge in [-0.3, -0.25) is 4.79 Å². The minimum absolute atomic E-state index is 0.0573. The lowest BCUT2D eigenvalue weighted by atomic mass is 10.1. The van der Waals surface area contributed by atoms with Crippen LogP contribution in [0.5, 0.6) is 11.5 Å². The molecular formula is C19H16N2O3. The zero-order valence-corrected chi connectivity index (χ0v) is 13.1. The van der Waals surface area contributed by atoms with Gasteiger partial charge in [-0.1, -0.05) is 42.5 Å². The SMILES string of the molecule is COc1ccccc1/C=N/NC(=O)c1ccc2ccccc2c1O. The Morgan fingerprint density at radius 1 is 1.08 bits per heavy atom. The van der Waals surface area contributed by atoms with Crippen molar-refractivity contribution in [2.75, 3.05) is 7.11 Å². The molecule has 2 N–H and O–H groups in total. The van der Waals surface area contributed by atoms with Gasteiger partial charge in [-0.2, -0.15) is 5.10 Å². The number of amides is 1. The van der Waals surface area contributed by atoms with Crippen LogP contribution in [-0.4, -0.2) is 24.3 Å². The van der Waals surface area contributed by atoms with Gasteiger partial charge in [0.2, 0.25) is 0 Å². The molecule has 0 radical (unpaired) electrons. The normalized spacial score (nSPS) is 10.9. The van der Waals surface area contributed by atoms with E-state index in [1.165, 1.54) is 6.21 Å². The fourth-order valence-electron chi connectivity index (χ4n) is 2.43. The molecule has 120 valence electrons. The molecule has 0 fully saturated rings. The van der Waals surface area contributed by atoms with Gasteiger partial charge in [0.15, 0.2) is 0 Å². The van der Waals surface area contributed by atoms with Crippen molar-refractivity contribution in [3.8, 4) is 11.5 Å². The van der Waals surface area contributed by atoms with Crippen molar-refractivity contribution in [2.45, 2.75) is 0 Å². The molecule has 5 nitrogen and oxygen atoms in total. The molecule has 0 saturated heterocycles. The lowest BCUT2D eigenvalue weighted by Crippen LogP contribution is -2.17. The van der Waals surface area contributed by atoms with Gasteiger partial charge in [0.25, 0.3) is 5.91 Å². The van der Waals surface area contributed by atoms with E-state index in [2.05, 4.69) is 10.5 Å². The Morgan fingerprint density at radius 3 is 2.67 bits per heavy atom. The molecule has 0 unspecified atom stereocenters. The van der Waals surface area contributed by atoms with Gasteiger partial charge in [-0.25, -0.2) is 5.43 Å². The number of phenolic OH excluding ortho intramolecular Hbond substituents is 1. The van der Waals surface area contributed by atoms with Crippen LogP contribution >= 0.6 is 0 Å². The maximum Gasteiger partial charge on any atom is 0.275 e. The third-order valence-electron chi connectivity index (χ3n) is 3.65. The number of rotatable bonds is 4. The highest BCUT2D eigenvalue weighted by atomic mass is 16.5. The van der Waals surface area contributed by atoms with Crippen LogP contribution in [0, 0.1) is 0 Å². The van der Waals surface area contributed by atoms with Crippen LogP contribution in [0.15, 0.2) is 65.8 Å². The number of nitrogens with zero attached hydrogens (tertiary/aromatic N) is 1. The Labute approximate surface area is 139 Å². The molecule has 0 aliphatic heterocycles. The van der Waals surface area contributed by atoms with E-state index >= 15 is 0 Å². The number of hydrogen-bond acceptors (Lipinski definition) is 4. The topological polar surface area (TPSA) is 70.9 Å². The van der Waals surface area contributed by atoms with Gasteiger partial charge in [0.1, 0.15) is 11.5 Å². The van der Waals surface area contributed by atoms with E-state index in [0.29, 0.717) is 11.1 Å². The highest BCUT2D eigenvalue weighted by Gasteiger charge is 2.13. The Kier molecular flexibility index (Phi) is 4.43. The molecular weight excluding hydrogens is 304 g/mol. The molecule has 3 rings (SSSR count). The second-order valence-electron chi connectivity index (χ2n) is 5.12. The number of para-hydroxylation sites is 1. The lowest BCUT2D eigenvalue weighted by Gasteiger charge is -2.07. The molecule has 0 spiro atoms. The summed E-state index contributed by atoms with van der Waals surface area (Å²) >= 11 is 0. The van der Waals surface area contributed by atoms with E-state index in [9.17, 15) is 9.90 Å². The summed E-state index contributed by atoms with van der Waals surface area (Å²) in [6.45, 7) is 0. The summed E-state index contributed by atoms with van der Waals surface area (Å²) in [6.07, 6.45) is 1.49. The highest BCUT2D eigenvalue weighted by molar-refractivity contribution is 6.03. The monoisotopic (exact) mass is 320 g/mol. The maximum atomic E-state index is 12.2. The lowest BCUT2D eigenvalue weighted by molar-refractivity contribution is 0.0952. The highest BCUT2D eigenvalue weighted by Crippen LogP contribution is 2.28. The number of nitrogens with one attached hydrogen (secondary N) is 1. The summed E-state index contributed by atoms with van der Waals surface area (Å²) in [7, 11) is 1.57. The standard InChI is InChI=1S/C19H16N2O3/c1-24-17-9-5-3-7-14(17)12-20-21-19(23)16-11-10-13-6-2-4-8-15(13)18(16)22/h2-12,22H,1H3,(H,21,23)/b20-12+. The van der Waals surface area contributed by atoms with Crippen LogP contribution < -0.4 is 10.2 Å². The first-order valence-electron chi connectivity index (χ1n) is 7.38.